The van der Waals surface area contributed by atoms with Gasteiger partial charge in [-0.25, -0.2) is 0 Å². The number of carbonyl (C=O) groups is 1. The Morgan fingerprint density at radius 1 is 1.35 bits per heavy atom. The van der Waals surface area contributed by atoms with Crippen molar-refractivity contribution in [2.75, 3.05) is 5.32 Å². The van der Waals surface area contributed by atoms with Crippen molar-refractivity contribution in [2.24, 2.45) is 0 Å². The molecule has 2 aromatic rings. The van der Waals surface area contributed by atoms with Gasteiger partial charge in [-0.15, -0.1) is 0 Å². The highest BCUT2D eigenvalue weighted by Crippen LogP contribution is 2.36. The van der Waals surface area contributed by atoms with E-state index in [0.717, 1.165) is 27.7 Å². The lowest BCUT2D eigenvalue weighted by Gasteiger charge is -2.20. The number of benzene rings is 1. The van der Waals surface area contributed by atoms with E-state index in [9.17, 15) is 4.79 Å². The molecule has 1 amide bonds. The van der Waals surface area contributed by atoms with Crippen molar-refractivity contribution >= 4 is 27.5 Å². The molecule has 0 aliphatic carbocycles. The highest BCUT2D eigenvalue weighted by atomic mass is 79.9. The summed E-state index contributed by atoms with van der Waals surface area (Å²) in [4.78, 5) is 15.6. The van der Waals surface area contributed by atoms with Crippen molar-refractivity contribution in [1.82, 2.24) is 4.98 Å². The molecule has 0 unspecified atom stereocenters. The lowest BCUT2D eigenvalue weighted by Crippen LogP contribution is -2.19. The van der Waals surface area contributed by atoms with Crippen LogP contribution in [0.2, 0.25) is 0 Å². The van der Waals surface area contributed by atoms with Crippen LogP contribution in [0.5, 0.6) is 5.75 Å². The van der Waals surface area contributed by atoms with Crippen molar-refractivity contribution in [3.63, 3.8) is 0 Å². The molecule has 0 fully saturated rings. The molecule has 1 N–H and O–H groups in total. The first-order chi connectivity index (χ1) is 9.72. The minimum Gasteiger partial charge on any atom is -0.487 e. The molecule has 1 aliphatic rings. The second-order valence-corrected chi connectivity index (χ2v) is 5.55. The first kappa shape index (κ1) is 13.1. The van der Waals surface area contributed by atoms with Crippen LogP contribution < -0.4 is 10.1 Å². The number of rotatable bonds is 3. The number of nitrogens with one attached hydrogen (secondary N) is 1. The molecule has 0 bridgehead atoms. The summed E-state index contributed by atoms with van der Waals surface area (Å²) in [6.45, 7) is 0.423. The number of pyridine rings is 1. The Kier molecular flexibility index (Phi) is 3.69. The van der Waals surface area contributed by atoms with E-state index in [-0.39, 0.29) is 5.91 Å². The van der Waals surface area contributed by atoms with Crippen LogP contribution in [0.1, 0.15) is 17.5 Å². The van der Waals surface area contributed by atoms with Crippen LogP contribution in [0.3, 0.4) is 0 Å². The fraction of sp³-hybridized carbons (Fsp3) is 0.200. The third kappa shape index (κ3) is 2.82. The van der Waals surface area contributed by atoms with Crippen molar-refractivity contribution in [2.45, 2.75) is 19.4 Å². The number of amides is 1. The monoisotopic (exact) mass is 332 g/mol. The summed E-state index contributed by atoms with van der Waals surface area (Å²) in [7, 11) is 0. The molecule has 0 atom stereocenters. The largest absolute Gasteiger partial charge is 0.487 e. The van der Waals surface area contributed by atoms with Gasteiger partial charge in [0, 0.05) is 28.9 Å². The lowest BCUT2D eigenvalue weighted by molar-refractivity contribution is -0.116. The van der Waals surface area contributed by atoms with Crippen LogP contribution in [0, 0.1) is 0 Å². The van der Waals surface area contributed by atoms with Gasteiger partial charge in [-0.1, -0.05) is 22.0 Å². The molecule has 5 heteroatoms. The smallest absolute Gasteiger partial charge is 0.224 e. The summed E-state index contributed by atoms with van der Waals surface area (Å²) in [6, 6.07) is 7.72. The van der Waals surface area contributed by atoms with E-state index in [1.54, 1.807) is 12.4 Å². The minimum absolute atomic E-state index is 0.0334. The van der Waals surface area contributed by atoms with E-state index in [1.807, 2.05) is 24.3 Å². The molecule has 0 saturated heterocycles. The van der Waals surface area contributed by atoms with Crippen LogP contribution in [0.25, 0.3) is 0 Å². The third-order valence-corrected chi connectivity index (χ3v) is 3.61. The summed E-state index contributed by atoms with van der Waals surface area (Å²) in [5.74, 6) is 0.720. The maximum atomic E-state index is 11.5. The SMILES string of the molecule is O=C1CCc2cc(Br)cc(OCc3cccnc3)c2N1. The number of carbonyl (C=O) groups excluding carboxylic acids is 1. The average Bonchev–Trinajstić information content (AvgIpc) is 2.46. The number of halogens is 1. The molecule has 0 radical (unpaired) electrons. The molecule has 1 aromatic heterocycles. The highest BCUT2D eigenvalue weighted by Gasteiger charge is 2.19. The van der Waals surface area contributed by atoms with E-state index in [1.165, 1.54) is 0 Å². The summed E-state index contributed by atoms with van der Waals surface area (Å²) in [5, 5.41) is 2.89. The standard InChI is InChI=1S/C15H13BrN2O2/c16-12-6-11-3-4-14(19)18-15(11)13(7-12)20-9-10-2-1-5-17-8-10/h1-2,5-8H,3-4,9H2,(H,18,19). The van der Waals surface area contributed by atoms with Gasteiger partial charge in [-0.2, -0.15) is 0 Å². The Balaban J connectivity index is 1.85. The number of aromatic nitrogens is 1. The normalized spacial score (nSPS) is 13.6. The number of hydrogen-bond acceptors (Lipinski definition) is 3. The van der Waals surface area contributed by atoms with Crippen LogP contribution in [0.4, 0.5) is 5.69 Å². The van der Waals surface area contributed by atoms with Gasteiger partial charge in [0.1, 0.15) is 12.4 Å². The number of anilines is 1. The third-order valence-electron chi connectivity index (χ3n) is 3.15. The molecule has 4 nitrogen and oxygen atoms in total. The average molecular weight is 333 g/mol. The van der Waals surface area contributed by atoms with Crippen molar-refractivity contribution in [1.29, 1.82) is 0 Å². The van der Waals surface area contributed by atoms with Crippen LogP contribution in [-0.4, -0.2) is 10.9 Å². The molecule has 3 rings (SSSR count). The van der Waals surface area contributed by atoms with E-state index < -0.39 is 0 Å². The quantitative estimate of drug-likeness (QED) is 0.938. The molecular formula is C15H13BrN2O2. The molecule has 102 valence electrons. The van der Waals surface area contributed by atoms with E-state index in [2.05, 4.69) is 26.2 Å². The van der Waals surface area contributed by atoms with Crippen molar-refractivity contribution in [3.05, 3.63) is 52.3 Å². The first-order valence-corrected chi connectivity index (χ1v) is 7.15. The fourth-order valence-electron chi connectivity index (χ4n) is 2.18. The topological polar surface area (TPSA) is 51.2 Å². The Morgan fingerprint density at radius 2 is 2.25 bits per heavy atom. The number of nitrogens with zero attached hydrogens (tertiary/aromatic N) is 1. The predicted octanol–water partition coefficient (Wildman–Crippen LogP) is 3.31. The van der Waals surface area contributed by atoms with Gasteiger partial charge in [0.25, 0.3) is 0 Å². The molecule has 1 aromatic carbocycles. The molecule has 0 saturated carbocycles. The van der Waals surface area contributed by atoms with Gasteiger partial charge in [0.2, 0.25) is 5.91 Å². The van der Waals surface area contributed by atoms with Crippen LogP contribution in [0.15, 0.2) is 41.1 Å². The maximum Gasteiger partial charge on any atom is 0.224 e. The van der Waals surface area contributed by atoms with Crippen molar-refractivity contribution < 1.29 is 9.53 Å². The zero-order valence-corrected chi connectivity index (χ0v) is 12.3. The summed E-state index contributed by atoms with van der Waals surface area (Å²) < 4.78 is 6.79. The Morgan fingerprint density at radius 3 is 3.05 bits per heavy atom. The fourth-order valence-corrected chi connectivity index (χ4v) is 2.67. The summed E-state index contributed by atoms with van der Waals surface area (Å²) in [6.07, 6.45) is 4.75. The highest BCUT2D eigenvalue weighted by molar-refractivity contribution is 9.10. The van der Waals surface area contributed by atoms with Gasteiger partial charge in [0.15, 0.2) is 0 Å². The van der Waals surface area contributed by atoms with Crippen LogP contribution in [-0.2, 0) is 17.8 Å². The number of hydrogen-bond donors (Lipinski definition) is 1. The molecule has 1 aliphatic heterocycles. The molecule has 0 spiro atoms. The zero-order valence-electron chi connectivity index (χ0n) is 10.7. The second-order valence-electron chi connectivity index (χ2n) is 4.64. The maximum absolute atomic E-state index is 11.5. The molecule has 2 heterocycles. The van der Waals surface area contributed by atoms with Crippen molar-refractivity contribution in [3.8, 4) is 5.75 Å². The minimum atomic E-state index is 0.0334. The molecular weight excluding hydrogens is 320 g/mol. The Hall–Kier alpha value is -1.88. The van der Waals surface area contributed by atoms with E-state index in [0.29, 0.717) is 18.8 Å². The van der Waals surface area contributed by atoms with E-state index >= 15 is 0 Å². The number of ether oxygens (including phenoxy) is 1. The second kappa shape index (κ2) is 5.63. The Labute approximate surface area is 125 Å². The van der Waals surface area contributed by atoms with Gasteiger partial charge < -0.3 is 10.1 Å². The lowest BCUT2D eigenvalue weighted by atomic mass is 10.0. The van der Waals surface area contributed by atoms with Gasteiger partial charge in [0.05, 0.1) is 5.69 Å². The van der Waals surface area contributed by atoms with E-state index in [4.69, 9.17) is 4.74 Å². The van der Waals surface area contributed by atoms with Gasteiger partial charge >= 0.3 is 0 Å². The molecule has 20 heavy (non-hydrogen) atoms. The number of aryl methyl sites for hydroxylation is 1. The Bertz CT molecular complexity index is 644. The van der Waals surface area contributed by atoms with Gasteiger partial charge in [-0.05, 0) is 30.2 Å². The number of fused-ring (bicyclic) bond motifs is 1. The van der Waals surface area contributed by atoms with Crippen LogP contribution >= 0.6 is 15.9 Å². The van der Waals surface area contributed by atoms with Gasteiger partial charge in [-0.3, -0.25) is 9.78 Å². The summed E-state index contributed by atoms with van der Waals surface area (Å²) >= 11 is 3.48. The first-order valence-electron chi connectivity index (χ1n) is 6.36. The predicted molar refractivity (Wildman–Crippen MR) is 79.7 cm³/mol. The zero-order chi connectivity index (χ0) is 13.9. The summed E-state index contributed by atoms with van der Waals surface area (Å²) in [5.41, 5.74) is 2.87.